The maximum absolute atomic E-state index is 13.3. The normalized spacial score (nSPS) is 14.6. The van der Waals surface area contributed by atoms with Gasteiger partial charge in [-0.05, 0) is 29.8 Å². The van der Waals surface area contributed by atoms with E-state index in [2.05, 4.69) is 10.6 Å². The zero-order valence-corrected chi connectivity index (χ0v) is 17.8. The van der Waals surface area contributed by atoms with Crippen molar-refractivity contribution in [3.63, 3.8) is 0 Å². The smallest absolute Gasteiger partial charge is 0.249 e. The van der Waals surface area contributed by atoms with Gasteiger partial charge in [0.05, 0.1) is 20.2 Å². The van der Waals surface area contributed by atoms with Gasteiger partial charge >= 0.3 is 0 Å². The fourth-order valence-corrected chi connectivity index (χ4v) is 3.44. The van der Waals surface area contributed by atoms with E-state index in [1.807, 2.05) is 30.3 Å². The van der Waals surface area contributed by atoms with E-state index in [9.17, 15) is 14.4 Å². The lowest BCUT2D eigenvalue weighted by Gasteiger charge is -2.29. The van der Waals surface area contributed by atoms with Gasteiger partial charge in [0.15, 0.2) is 0 Å². The van der Waals surface area contributed by atoms with Gasteiger partial charge in [-0.2, -0.15) is 0 Å². The molecule has 0 radical (unpaired) electrons. The number of methoxy groups -OCH3 is 1. The van der Waals surface area contributed by atoms with Gasteiger partial charge in [0, 0.05) is 32.2 Å². The molecule has 0 bridgehead atoms. The van der Waals surface area contributed by atoms with Gasteiger partial charge in [0.2, 0.25) is 17.7 Å². The van der Waals surface area contributed by atoms with Crippen LogP contribution in [0.3, 0.4) is 0 Å². The van der Waals surface area contributed by atoms with E-state index >= 15 is 0 Å². The number of benzene rings is 2. The highest BCUT2D eigenvalue weighted by atomic mass is 16.5. The summed E-state index contributed by atoms with van der Waals surface area (Å²) in [6.07, 6.45) is 0.349. The molecule has 2 N–H and O–H groups in total. The molecule has 2 aromatic carbocycles. The van der Waals surface area contributed by atoms with Gasteiger partial charge in [-0.15, -0.1) is 0 Å². The van der Waals surface area contributed by atoms with Crippen LogP contribution in [0.15, 0.2) is 54.6 Å². The summed E-state index contributed by atoms with van der Waals surface area (Å²) in [5, 5.41) is 5.82. The summed E-state index contributed by atoms with van der Waals surface area (Å²) in [5.41, 5.74) is 1.62. The van der Waals surface area contributed by atoms with Crippen LogP contribution in [0.25, 0.3) is 0 Å². The Hall–Kier alpha value is -3.39. The zero-order chi connectivity index (χ0) is 22.2. The topological polar surface area (TPSA) is 91.0 Å². The molecule has 3 amide bonds. The van der Waals surface area contributed by atoms with Crippen molar-refractivity contribution in [1.82, 2.24) is 15.5 Å². The monoisotopic (exact) mass is 424 g/mol. The van der Waals surface area contributed by atoms with Crippen molar-refractivity contribution >= 4 is 23.4 Å². The third kappa shape index (κ3) is 6.05. The van der Waals surface area contributed by atoms with Crippen molar-refractivity contribution in [1.29, 1.82) is 0 Å². The van der Waals surface area contributed by atoms with E-state index in [0.717, 1.165) is 5.56 Å². The molecule has 1 aliphatic rings. The first kappa shape index (κ1) is 22.3. The quantitative estimate of drug-likeness (QED) is 0.655. The molecule has 0 aliphatic carbocycles. The largest absolute Gasteiger partial charge is 0.497 e. The Bertz CT molecular complexity index is 902. The Morgan fingerprint density at radius 3 is 2.52 bits per heavy atom. The number of anilines is 1. The first-order valence-electron chi connectivity index (χ1n) is 10.2. The fourth-order valence-electron chi connectivity index (χ4n) is 3.44. The number of carbonyl (C=O) groups is 3. The highest BCUT2D eigenvalue weighted by Crippen LogP contribution is 2.19. The molecule has 164 valence electrons. The number of rotatable bonds is 8. The standard InChI is InChI=1S/C23H28N4O4/c1-26(18-8-10-19(31-2)11-9-18)23(30)20(14-17-6-4-3-5-7-17)25-21(28)16-27-13-12-24-15-22(27)29/h3-11,20,24H,12-16H2,1-2H3,(H,25,28). The summed E-state index contributed by atoms with van der Waals surface area (Å²) in [6.45, 7) is 1.27. The van der Waals surface area contributed by atoms with Gasteiger partial charge in [0.1, 0.15) is 11.8 Å². The minimum Gasteiger partial charge on any atom is -0.497 e. The van der Waals surface area contributed by atoms with Gasteiger partial charge in [-0.25, -0.2) is 0 Å². The molecule has 1 aliphatic heterocycles. The molecular formula is C23H28N4O4. The zero-order valence-electron chi connectivity index (χ0n) is 17.8. The van der Waals surface area contributed by atoms with Crippen LogP contribution >= 0.6 is 0 Å². The molecule has 1 saturated heterocycles. The molecule has 0 aromatic heterocycles. The summed E-state index contributed by atoms with van der Waals surface area (Å²) in [4.78, 5) is 41.0. The predicted octanol–water partition coefficient (Wildman–Crippen LogP) is 0.817. The van der Waals surface area contributed by atoms with Crippen molar-refractivity contribution in [2.45, 2.75) is 12.5 Å². The van der Waals surface area contributed by atoms with Crippen molar-refractivity contribution in [3.05, 3.63) is 60.2 Å². The number of amides is 3. The number of hydrogen-bond acceptors (Lipinski definition) is 5. The molecule has 8 nitrogen and oxygen atoms in total. The second kappa shape index (κ2) is 10.6. The molecule has 1 heterocycles. The first-order chi connectivity index (χ1) is 15.0. The minimum atomic E-state index is -0.764. The van der Waals surface area contributed by atoms with Gasteiger partial charge in [-0.1, -0.05) is 30.3 Å². The molecule has 31 heavy (non-hydrogen) atoms. The summed E-state index contributed by atoms with van der Waals surface area (Å²) >= 11 is 0. The summed E-state index contributed by atoms with van der Waals surface area (Å²) in [6, 6.07) is 15.9. The molecule has 8 heteroatoms. The van der Waals surface area contributed by atoms with Gasteiger partial charge < -0.3 is 25.2 Å². The van der Waals surface area contributed by atoms with Crippen LogP contribution in [0, 0.1) is 0 Å². The summed E-state index contributed by atoms with van der Waals surface area (Å²) in [7, 11) is 3.26. The number of nitrogens with zero attached hydrogens (tertiary/aromatic N) is 2. The number of nitrogens with one attached hydrogen (secondary N) is 2. The van der Waals surface area contributed by atoms with Crippen LogP contribution in [-0.2, 0) is 20.8 Å². The molecular weight excluding hydrogens is 396 g/mol. The highest BCUT2D eigenvalue weighted by Gasteiger charge is 2.27. The van der Waals surface area contributed by atoms with Crippen LogP contribution in [0.5, 0.6) is 5.75 Å². The average Bonchev–Trinajstić information content (AvgIpc) is 2.80. The number of piperazine rings is 1. The molecule has 1 fully saturated rings. The van der Waals surface area contributed by atoms with Crippen LogP contribution in [-0.4, -0.2) is 69.0 Å². The average molecular weight is 425 g/mol. The Morgan fingerprint density at radius 2 is 1.87 bits per heavy atom. The van der Waals surface area contributed by atoms with Crippen LogP contribution < -0.4 is 20.3 Å². The Morgan fingerprint density at radius 1 is 1.16 bits per heavy atom. The van der Waals surface area contributed by atoms with Crippen molar-refractivity contribution in [2.75, 3.05) is 45.2 Å². The number of carbonyl (C=O) groups excluding carboxylic acids is 3. The van der Waals surface area contributed by atoms with Crippen molar-refractivity contribution < 1.29 is 19.1 Å². The second-order valence-corrected chi connectivity index (χ2v) is 7.40. The van der Waals surface area contributed by atoms with Crippen molar-refractivity contribution in [2.24, 2.45) is 0 Å². The molecule has 0 spiro atoms. The number of hydrogen-bond donors (Lipinski definition) is 2. The predicted molar refractivity (Wildman–Crippen MR) is 118 cm³/mol. The third-order valence-corrected chi connectivity index (χ3v) is 5.23. The summed E-state index contributed by atoms with van der Waals surface area (Å²) < 4.78 is 5.17. The maximum atomic E-state index is 13.3. The molecule has 0 saturated carbocycles. The van der Waals surface area contributed by atoms with E-state index in [4.69, 9.17) is 4.74 Å². The van der Waals surface area contributed by atoms with E-state index < -0.39 is 6.04 Å². The SMILES string of the molecule is COc1ccc(N(C)C(=O)C(Cc2ccccc2)NC(=O)CN2CCNCC2=O)cc1. The molecule has 3 rings (SSSR count). The lowest BCUT2D eigenvalue weighted by molar-refractivity contribution is -0.137. The lowest BCUT2D eigenvalue weighted by Crippen LogP contribution is -2.54. The first-order valence-corrected chi connectivity index (χ1v) is 10.2. The Balaban J connectivity index is 1.73. The molecule has 1 atom stereocenters. The van der Waals surface area contributed by atoms with Crippen molar-refractivity contribution in [3.8, 4) is 5.75 Å². The number of ether oxygens (including phenoxy) is 1. The van der Waals surface area contributed by atoms with Crippen LogP contribution in [0.2, 0.25) is 0 Å². The van der Waals surface area contributed by atoms with E-state index in [-0.39, 0.29) is 30.8 Å². The maximum Gasteiger partial charge on any atom is 0.249 e. The Kier molecular flexibility index (Phi) is 7.61. The molecule has 1 unspecified atom stereocenters. The summed E-state index contributed by atoms with van der Waals surface area (Å²) in [5.74, 6) is -0.0243. The third-order valence-electron chi connectivity index (χ3n) is 5.23. The van der Waals surface area contributed by atoms with Gasteiger partial charge in [0.25, 0.3) is 0 Å². The Labute approximate surface area is 182 Å². The fraction of sp³-hybridized carbons (Fsp3) is 0.348. The highest BCUT2D eigenvalue weighted by molar-refractivity contribution is 5.99. The molecule has 2 aromatic rings. The van der Waals surface area contributed by atoms with Gasteiger partial charge in [-0.3, -0.25) is 14.4 Å². The van der Waals surface area contributed by atoms with E-state index in [1.54, 1.807) is 38.4 Å². The van der Waals surface area contributed by atoms with Crippen LogP contribution in [0.4, 0.5) is 5.69 Å². The number of likely N-dealkylation sites (N-methyl/N-ethyl adjacent to an activating group) is 1. The second-order valence-electron chi connectivity index (χ2n) is 7.40. The van der Waals surface area contributed by atoms with E-state index in [1.165, 1.54) is 9.80 Å². The van der Waals surface area contributed by atoms with Crippen LogP contribution in [0.1, 0.15) is 5.56 Å². The lowest BCUT2D eigenvalue weighted by atomic mass is 10.0. The van der Waals surface area contributed by atoms with E-state index in [0.29, 0.717) is 30.9 Å². The minimum absolute atomic E-state index is 0.0642.